The second-order valence-electron chi connectivity index (χ2n) is 4.96. The van der Waals surface area contributed by atoms with E-state index < -0.39 is 0 Å². The van der Waals surface area contributed by atoms with Crippen LogP contribution >= 0.6 is 11.6 Å². The second-order valence-corrected chi connectivity index (χ2v) is 5.37. The molecule has 0 aliphatic carbocycles. The summed E-state index contributed by atoms with van der Waals surface area (Å²) >= 11 is 6.06. The molecular formula is C18H19ClN2O2. The van der Waals surface area contributed by atoms with Crippen LogP contribution in [0.3, 0.4) is 0 Å². The molecule has 0 aliphatic rings. The Morgan fingerprint density at radius 3 is 2.83 bits per heavy atom. The second kappa shape index (κ2) is 8.25. The third-order valence-electron chi connectivity index (χ3n) is 3.14. The van der Waals surface area contributed by atoms with Gasteiger partial charge in [-0.25, -0.2) is 0 Å². The van der Waals surface area contributed by atoms with Gasteiger partial charge in [0.1, 0.15) is 12.4 Å². The molecule has 1 amide bonds. The molecule has 5 heteroatoms. The predicted molar refractivity (Wildman–Crippen MR) is 95.4 cm³/mol. The predicted octanol–water partition coefficient (Wildman–Crippen LogP) is 4.26. The number of ether oxygens (including phenoxy) is 1. The van der Waals surface area contributed by atoms with E-state index in [1.165, 1.54) is 0 Å². The number of halogens is 1. The summed E-state index contributed by atoms with van der Waals surface area (Å²) in [7, 11) is 0. The maximum Gasteiger partial charge on any atom is 0.243 e. The minimum Gasteiger partial charge on any atom is -0.487 e. The van der Waals surface area contributed by atoms with Crippen LogP contribution in [0.4, 0.5) is 11.4 Å². The standard InChI is InChI=1S/C18H19ClN2O2/c1-3-10-23-17-7-5-4-6-16(17)21-18(22)12-20-14-9-8-13(2)15(19)11-14/h3-9,11,20H,1,10,12H2,2H3,(H,21,22). The summed E-state index contributed by atoms with van der Waals surface area (Å²) in [6.07, 6.45) is 1.65. The molecule has 2 rings (SSSR count). The van der Waals surface area contributed by atoms with Crippen LogP contribution in [0.5, 0.6) is 5.75 Å². The van der Waals surface area contributed by atoms with Gasteiger partial charge >= 0.3 is 0 Å². The molecule has 0 fully saturated rings. The van der Waals surface area contributed by atoms with Crippen LogP contribution in [0.2, 0.25) is 5.02 Å². The van der Waals surface area contributed by atoms with E-state index in [1.54, 1.807) is 24.3 Å². The van der Waals surface area contributed by atoms with Crippen LogP contribution in [0.1, 0.15) is 5.56 Å². The molecule has 23 heavy (non-hydrogen) atoms. The van der Waals surface area contributed by atoms with Crippen LogP contribution < -0.4 is 15.4 Å². The van der Waals surface area contributed by atoms with Gasteiger partial charge in [0.15, 0.2) is 0 Å². The third kappa shape index (κ3) is 5.04. The van der Waals surface area contributed by atoms with E-state index in [9.17, 15) is 4.79 Å². The van der Waals surface area contributed by atoms with Gasteiger partial charge in [-0.1, -0.05) is 42.5 Å². The molecule has 2 aromatic carbocycles. The van der Waals surface area contributed by atoms with Crippen molar-refractivity contribution in [3.63, 3.8) is 0 Å². The molecule has 0 spiro atoms. The quantitative estimate of drug-likeness (QED) is 0.746. The Hall–Kier alpha value is -2.46. The number of amides is 1. The topological polar surface area (TPSA) is 50.4 Å². The van der Waals surface area contributed by atoms with Gasteiger partial charge in [0.25, 0.3) is 0 Å². The van der Waals surface area contributed by atoms with Crippen LogP contribution in [0.15, 0.2) is 55.1 Å². The minimum atomic E-state index is -0.170. The molecule has 0 bridgehead atoms. The Kier molecular flexibility index (Phi) is 6.06. The van der Waals surface area contributed by atoms with Crippen molar-refractivity contribution in [3.8, 4) is 5.75 Å². The fourth-order valence-corrected chi connectivity index (χ4v) is 2.10. The zero-order valence-corrected chi connectivity index (χ0v) is 13.7. The van der Waals surface area contributed by atoms with Gasteiger partial charge < -0.3 is 15.4 Å². The number of carbonyl (C=O) groups excluding carboxylic acids is 1. The van der Waals surface area contributed by atoms with Gasteiger partial charge in [-0.3, -0.25) is 4.79 Å². The molecule has 0 radical (unpaired) electrons. The number of rotatable bonds is 7. The zero-order chi connectivity index (χ0) is 16.7. The lowest BCUT2D eigenvalue weighted by Gasteiger charge is -2.12. The van der Waals surface area contributed by atoms with Gasteiger partial charge in [0.2, 0.25) is 5.91 Å². The molecule has 2 aromatic rings. The molecule has 0 unspecified atom stereocenters. The largest absolute Gasteiger partial charge is 0.487 e. The van der Waals surface area contributed by atoms with Gasteiger partial charge in [0, 0.05) is 10.7 Å². The summed E-state index contributed by atoms with van der Waals surface area (Å²) in [4.78, 5) is 12.1. The van der Waals surface area contributed by atoms with E-state index in [0.29, 0.717) is 23.1 Å². The van der Waals surface area contributed by atoms with Crippen molar-refractivity contribution in [3.05, 3.63) is 65.7 Å². The Labute approximate surface area is 141 Å². The van der Waals surface area contributed by atoms with Crippen molar-refractivity contribution < 1.29 is 9.53 Å². The molecule has 120 valence electrons. The maximum atomic E-state index is 12.1. The van der Waals surface area contributed by atoms with Crippen LogP contribution in [0, 0.1) is 6.92 Å². The fourth-order valence-electron chi connectivity index (χ4n) is 1.92. The maximum absolute atomic E-state index is 12.1. The number of para-hydroxylation sites is 2. The van der Waals surface area contributed by atoms with Crippen molar-refractivity contribution in [2.45, 2.75) is 6.92 Å². The lowest BCUT2D eigenvalue weighted by atomic mass is 10.2. The first-order valence-electron chi connectivity index (χ1n) is 7.22. The summed E-state index contributed by atoms with van der Waals surface area (Å²) < 4.78 is 5.51. The smallest absolute Gasteiger partial charge is 0.243 e. The highest BCUT2D eigenvalue weighted by Gasteiger charge is 2.07. The summed E-state index contributed by atoms with van der Waals surface area (Å²) in [5, 5.41) is 6.53. The zero-order valence-electron chi connectivity index (χ0n) is 12.9. The number of nitrogens with one attached hydrogen (secondary N) is 2. The van der Waals surface area contributed by atoms with Crippen LogP contribution in [-0.4, -0.2) is 19.1 Å². The highest BCUT2D eigenvalue weighted by Crippen LogP contribution is 2.24. The molecule has 0 aromatic heterocycles. The van der Waals surface area contributed by atoms with Gasteiger partial charge in [-0.2, -0.15) is 0 Å². The molecule has 4 nitrogen and oxygen atoms in total. The number of carbonyl (C=O) groups is 1. The number of aryl methyl sites for hydroxylation is 1. The fraction of sp³-hybridized carbons (Fsp3) is 0.167. The molecule has 0 aliphatic heterocycles. The summed E-state index contributed by atoms with van der Waals surface area (Å²) in [5.41, 5.74) is 2.42. The Morgan fingerprint density at radius 1 is 1.30 bits per heavy atom. The van der Waals surface area contributed by atoms with Crippen molar-refractivity contribution in [2.75, 3.05) is 23.8 Å². The van der Waals surface area contributed by atoms with Gasteiger partial charge in [0.05, 0.1) is 12.2 Å². The normalized spacial score (nSPS) is 10.0. The van der Waals surface area contributed by atoms with E-state index in [4.69, 9.17) is 16.3 Å². The van der Waals surface area contributed by atoms with E-state index in [-0.39, 0.29) is 12.5 Å². The first kappa shape index (κ1) is 16.9. The Bertz CT molecular complexity index is 701. The van der Waals surface area contributed by atoms with Gasteiger partial charge in [-0.05, 0) is 36.8 Å². The third-order valence-corrected chi connectivity index (χ3v) is 3.55. The van der Waals surface area contributed by atoms with E-state index in [0.717, 1.165) is 11.3 Å². The van der Waals surface area contributed by atoms with E-state index in [1.807, 2.05) is 31.2 Å². The number of anilines is 2. The van der Waals surface area contributed by atoms with Crippen molar-refractivity contribution in [1.29, 1.82) is 0 Å². The lowest BCUT2D eigenvalue weighted by molar-refractivity contribution is -0.114. The first-order chi connectivity index (χ1) is 11.1. The van der Waals surface area contributed by atoms with Crippen molar-refractivity contribution in [1.82, 2.24) is 0 Å². The summed E-state index contributed by atoms with van der Waals surface area (Å²) in [6.45, 7) is 6.06. The number of hydrogen-bond donors (Lipinski definition) is 2. The highest BCUT2D eigenvalue weighted by atomic mass is 35.5. The molecule has 0 atom stereocenters. The highest BCUT2D eigenvalue weighted by molar-refractivity contribution is 6.31. The lowest BCUT2D eigenvalue weighted by Crippen LogP contribution is -2.22. The molecule has 0 heterocycles. The molecule has 0 saturated heterocycles. The minimum absolute atomic E-state index is 0.134. The average molecular weight is 331 g/mol. The SMILES string of the molecule is C=CCOc1ccccc1NC(=O)CNc1ccc(C)c(Cl)c1. The Balaban J connectivity index is 1.94. The Morgan fingerprint density at radius 2 is 2.09 bits per heavy atom. The molecule has 0 saturated carbocycles. The monoisotopic (exact) mass is 330 g/mol. The number of benzene rings is 2. The van der Waals surface area contributed by atoms with E-state index >= 15 is 0 Å². The van der Waals surface area contributed by atoms with Crippen molar-refractivity contribution >= 4 is 28.9 Å². The average Bonchev–Trinajstić information content (AvgIpc) is 2.55. The van der Waals surface area contributed by atoms with Crippen molar-refractivity contribution in [2.24, 2.45) is 0 Å². The molecule has 2 N–H and O–H groups in total. The van der Waals surface area contributed by atoms with Crippen LogP contribution in [-0.2, 0) is 4.79 Å². The number of hydrogen-bond acceptors (Lipinski definition) is 3. The van der Waals surface area contributed by atoms with E-state index in [2.05, 4.69) is 17.2 Å². The molecular weight excluding hydrogens is 312 g/mol. The summed E-state index contributed by atoms with van der Waals surface area (Å²) in [5.74, 6) is 0.440. The first-order valence-corrected chi connectivity index (χ1v) is 7.60. The van der Waals surface area contributed by atoms with Crippen LogP contribution in [0.25, 0.3) is 0 Å². The van der Waals surface area contributed by atoms with Gasteiger partial charge in [-0.15, -0.1) is 0 Å². The summed E-state index contributed by atoms with van der Waals surface area (Å²) in [6, 6.07) is 12.9.